The lowest BCUT2D eigenvalue weighted by atomic mass is 10.0. The number of nitrogens with one attached hydrogen (secondary N) is 3. The number of nitrogens with zero attached hydrogens (tertiary/aromatic N) is 2. The SMILES string of the molecule is CCN1CCN(C(=O)NC(C(=O)N[C@H](C(=O)O)[C@@H]2N[C@@H](C(=O)O)C(C)(C)S2)c2ccccc2)C(=O)C1=O. The zero-order valence-corrected chi connectivity index (χ0v) is 21.3. The lowest BCUT2D eigenvalue weighted by Gasteiger charge is -2.33. The highest BCUT2D eigenvalue weighted by Crippen LogP contribution is 2.39. The van der Waals surface area contributed by atoms with Crippen molar-refractivity contribution < 1.29 is 39.0 Å². The molecule has 2 aliphatic heterocycles. The van der Waals surface area contributed by atoms with E-state index in [9.17, 15) is 39.0 Å². The van der Waals surface area contributed by atoms with Crippen molar-refractivity contribution in [3.63, 3.8) is 0 Å². The molecule has 2 aliphatic rings. The van der Waals surface area contributed by atoms with E-state index in [1.54, 1.807) is 39.0 Å². The highest BCUT2D eigenvalue weighted by molar-refractivity contribution is 8.01. The van der Waals surface area contributed by atoms with Gasteiger partial charge in [-0.15, -0.1) is 11.8 Å². The number of piperazine rings is 1. The minimum absolute atomic E-state index is 0.0700. The molecule has 0 aliphatic carbocycles. The van der Waals surface area contributed by atoms with Crippen LogP contribution in [0.25, 0.3) is 0 Å². The fourth-order valence-corrected chi connectivity index (χ4v) is 5.63. The second-order valence-electron chi connectivity index (χ2n) is 9.04. The summed E-state index contributed by atoms with van der Waals surface area (Å²) in [6, 6.07) is 2.99. The smallest absolute Gasteiger partial charge is 0.328 e. The number of carboxylic acids is 2. The van der Waals surface area contributed by atoms with E-state index in [1.165, 1.54) is 17.0 Å². The molecular formula is C23H29N5O8S. The van der Waals surface area contributed by atoms with Crippen LogP contribution in [0.15, 0.2) is 30.3 Å². The number of imide groups is 1. The summed E-state index contributed by atoms with van der Waals surface area (Å²) >= 11 is 1.06. The molecule has 0 radical (unpaired) electrons. The quantitative estimate of drug-likeness (QED) is 0.274. The van der Waals surface area contributed by atoms with Gasteiger partial charge in [0.15, 0.2) is 6.04 Å². The Morgan fingerprint density at radius 2 is 1.73 bits per heavy atom. The van der Waals surface area contributed by atoms with Crippen molar-refractivity contribution in [1.82, 2.24) is 25.8 Å². The van der Waals surface area contributed by atoms with E-state index in [-0.39, 0.29) is 13.1 Å². The molecular weight excluding hydrogens is 506 g/mol. The molecule has 200 valence electrons. The monoisotopic (exact) mass is 535 g/mol. The molecule has 37 heavy (non-hydrogen) atoms. The van der Waals surface area contributed by atoms with Crippen LogP contribution in [0.2, 0.25) is 0 Å². The van der Waals surface area contributed by atoms with Crippen LogP contribution in [0.3, 0.4) is 0 Å². The van der Waals surface area contributed by atoms with Gasteiger partial charge in [0.05, 0.1) is 5.37 Å². The van der Waals surface area contributed by atoms with E-state index in [0.29, 0.717) is 17.0 Å². The molecule has 0 bridgehead atoms. The van der Waals surface area contributed by atoms with Crippen molar-refractivity contribution in [2.24, 2.45) is 0 Å². The van der Waals surface area contributed by atoms with E-state index < -0.39 is 63.9 Å². The van der Waals surface area contributed by atoms with Gasteiger partial charge in [-0.3, -0.25) is 29.4 Å². The Balaban J connectivity index is 1.82. The number of carbonyl (C=O) groups excluding carboxylic acids is 4. The lowest BCUT2D eigenvalue weighted by molar-refractivity contribution is -0.153. The van der Waals surface area contributed by atoms with Crippen LogP contribution in [0.4, 0.5) is 4.79 Å². The Kier molecular flexibility index (Phi) is 8.43. The zero-order valence-electron chi connectivity index (χ0n) is 20.5. The number of carboxylic acid groups (broad SMARTS) is 2. The number of likely N-dealkylation sites (N-methyl/N-ethyl adjacent to an activating group) is 1. The third-order valence-electron chi connectivity index (χ3n) is 6.17. The number of hydrogen-bond acceptors (Lipinski definition) is 8. The molecule has 2 heterocycles. The number of amides is 5. The van der Waals surface area contributed by atoms with Gasteiger partial charge in [0.1, 0.15) is 12.1 Å². The molecule has 2 fully saturated rings. The molecule has 1 aromatic rings. The average Bonchev–Trinajstić information content (AvgIpc) is 3.17. The molecule has 1 aromatic carbocycles. The van der Waals surface area contributed by atoms with Crippen LogP contribution in [-0.2, 0) is 24.0 Å². The average molecular weight is 536 g/mol. The number of aliphatic carboxylic acids is 2. The molecule has 3 rings (SSSR count). The van der Waals surface area contributed by atoms with E-state index >= 15 is 0 Å². The van der Waals surface area contributed by atoms with E-state index in [2.05, 4.69) is 16.0 Å². The molecule has 5 amide bonds. The fraction of sp³-hybridized carbons (Fsp3) is 0.478. The summed E-state index contributed by atoms with van der Waals surface area (Å²) in [6.07, 6.45) is 0. The Morgan fingerprint density at radius 1 is 1.08 bits per heavy atom. The summed E-state index contributed by atoms with van der Waals surface area (Å²) < 4.78 is -0.866. The number of thioether (sulfide) groups is 1. The third-order valence-corrected chi connectivity index (χ3v) is 7.67. The summed E-state index contributed by atoms with van der Waals surface area (Å²) in [5.74, 6) is -5.33. The summed E-state index contributed by atoms with van der Waals surface area (Å²) in [6.45, 7) is 5.37. The zero-order chi connectivity index (χ0) is 27.5. The third kappa shape index (κ3) is 6.02. The normalized spacial score (nSPS) is 22.8. The second-order valence-corrected chi connectivity index (χ2v) is 10.8. The van der Waals surface area contributed by atoms with Crippen LogP contribution >= 0.6 is 11.8 Å². The van der Waals surface area contributed by atoms with Crippen LogP contribution < -0.4 is 16.0 Å². The largest absolute Gasteiger partial charge is 0.480 e. The maximum Gasteiger partial charge on any atom is 0.328 e. The number of rotatable bonds is 8. The summed E-state index contributed by atoms with van der Waals surface area (Å²) in [7, 11) is 0. The van der Waals surface area contributed by atoms with Gasteiger partial charge in [-0.05, 0) is 26.3 Å². The van der Waals surface area contributed by atoms with Crippen molar-refractivity contribution in [3.05, 3.63) is 35.9 Å². The van der Waals surface area contributed by atoms with Crippen molar-refractivity contribution in [1.29, 1.82) is 0 Å². The van der Waals surface area contributed by atoms with Gasteiger partial charge in [0.25, 0.3) is 0 Å². The van der Waals surface area contributed by atoms with Crippen molar-refractivity contribution in [2.45, 2.75) is 49.0 Å². The van der Waals surface area contributed by atoms with Crippen LogP contribution in [0.1, 0.15) is 32.4 Å². The highest BCUT2D eigenvalue weighted by Gasteiger charge is 2.50. The Labute approximate surface area is 216 Å². The second kappa shape index (κ2) is 11.2. The van der Waals surface area contributed by atoms with Gasteiger partial charge >= 0.3 is 29.8 Å². The first kappa shape index (κ1) is 27.9. The lowest BCUT2D eigenvalue weighted by Crippen LogP contribution is -2.60. The molecule has 2 saturated heterocycles. The summed E-state index contributed by atoms with van der Waals surface area (Å²) in [5, 5.41) is 25.9. The highest BCUT2D eigenvalue weighted by atomic mass is 32.2. The minimum atomic E-state index is -1.54. The molecule has 0 spiro atoms. The van der Waals surface area contributed by atoms with Crippen LogP contribution in [0, 0.1) is 0 Å². The first-order valence-corrected chi connectivity index (χ1v) is 12.4. The minimum Gasteiger partial charge on any atom is -0.480 e. The number of urea groups is 1. The summed E-state index contributed by atoms with van der Waals surface area (Å²) in [4.78, 5) is 76.7. The maximum absolute atomic E-state index is 13.3. The number of hydrogen-bond donors (Lipinski definition) is 5. The number of carbonyl (C=O) groups is 6. The van der Waals surface area contributed by atoms with Gasteiger partial charge in [-0.25, -0.2) is 9.59 Å². The van der Waals surface area contributed by atoms with Gasteiger partial charge in [-0.2, -0.15) is 0 Å². The Bertz CT molecular complexity index is 1100. The van der Waals surface area contributed by atoms with E-state index in [1.807, 2.05) is 0 Å². The van der Waals surface area contributed by atoms with Crippen molar-refractivity contribution in [3.8, 4) is 0 Å². The predicted molar refractivity (Wildman–Crippen MR) is 131 cm³/mol. The van der Waals surface area contributed by atoms with Crippen LogP contribution in [0.5, 0.6) is 0 Å². The summed E-state index contributed by atoms with van der Waals surface area (Å²) in [5.41, 5.74) is 0.305. The van der Waals surface area contributed by atoms with E-state index in [4.69, 9.17) is 0 Å². The molecule has 4 atom stereocenters. The maximum atomic E-state index is 13.3. The van der Waals surface area contributed by atoms with Crippen molar-refractivity contribution in [2.75, 3.05) is 19.6 Å². The molecule has 0 saturated carbocycles. The van der Waals surface area contributed by atoms with Gasteiger partial charge in [0, 0.05) is 24.4 Å². The standard InChI is InChI=1S/C23H29N5O8S/c1-4-27-10-11-28(19(31)18(27)30)22(36)25-13(12-8-6-5-7-9-12)16(29)24-14(20(32)33)17-26-15(21(34)35)23(2,3)37-17/h5-9,13-15,17,26H,4,10-11H2,1-3H3,(H,24,29)(H,25,36)(H,32,33)(H,34,35)/t13?,14-,15-,17+/m0/s1. The predicted octanol–water partition coefficient (Wildman–Crippen LogP) is -0.408. The molecule has 14 heteroatoms. The van der Waals surface area contributed by atoms with E-state index in [0.717, 1.165) is 11.8 Å². The molecule has 5 N–H and O–H groups in total. The first-order valence-electron chi connectivity index (χ1n) is 11.5. The topological polar surface area (TPSA) is 185 Å². The molecule has 13 nitrogen and oxygen atoms in total. The van der Waals surface area contributed by atoms with Gasteiger partial charge < -0.3 is 25.7 Å². The Hall–Kier alpha value is -3.65. The molecule has 1 unspecified atom stereocenters. The van der Waals surface area contributed by atoms with Gasteiger partial charge in [0.2, 0.25) is 5.91 Å². The van der Waals surface area contributed by atoms with Crippen LogP contribution in [-0.4, -0.2) is 97.5 Å². The number of benzene rings is 1. The molecule has 0 aromatic heterocycles. The van der Waals surface area contributed by atoms with Gasteiger partial charge in [-0.1, -0.05) is 30.3 Å². The van der Waals surface area contributed by atoms with Crippen molar-refractivity contribution >= 4 is 47.5 Å². The Morgan fingerprint density at radius 3 is 2.27 bits per heavy atom. The fourth-order valence-electron chi connectivity index (χ4n) is 4.15. The first-order chi connectivity index (χ1) is 17.4.